The Labute approximate surface area is 86.1 Å². The minimum absolute atomic E-state index is 0.825. The number of likely N-dealkylation sites (N-methyl/N-ethyl adjacent to an activating group) is 1. The summed E-state index contributed by atoms with van der Waals surface area (Å²) in [6.07, 6.45) is 0. The van der Waals surface area contributed by atoms with Crippen LogP contribution in [0.2, 0.25) is 0 Å². The largest absolute Gasteiger partial charge is 0.465 e. The molecule has 0 bridgehead atoms. The molecule has 3 nitrogen and oxygen atoms in total. The molecule has 1 aromatic rings. The molecule has 0 saturated heterocycles. The van der Waals surface area contributed by atoms with Gasteiger partial charge in [0.2, 0.25) is 0 Å². The van der Waals surface area contributed by atoms with Gasteiger partial charge in [-0.15, -0.1) is 0 Å². The minimum Gasteiger partial charge on any atom is -0.465 e. The minimum atomic E-state index is 0.825. The summed E-state index contributed by atoms with van der Waals surface area (Å²) in [7, 11) is 2.12. The van der Waals surface area contributed by atoms with Crippen molar-refractivity contribution in [3.63, 3.8) is 0 Å². The van der Waals surface area contributed by atoms with Gasteiger partial charge in [0, 0.05) is 13.1 Å². The second-order valence-electron chi connectivity index (χ2n) is 3.59. The van der Waals surface area contributed by atoms with Crippen molar-refractivity contribution >= 4 is 0 Å². The zero-order valence-electron chi connectivity index (χ0n) is 9.34. The van der Waals surface area contributed by atoms with Crippen molar-refractivity contribution in [3.05, 3.63) is 23.7 Å². The average molecular weight is 196 g/mol. The zero-order valence-corrected chi connectivity index (χ0v) is 9.34. The lowest BCUT2D eigenvalue weighted by molar-refractivity contribution is 0.344. The summed E-state index contributed by atoms with van der Waals surface area (Å²) >= 11 is 0. The van der Waals surface area contributed by atoms with Crippen LogP contribution >= 0.6 is 0 Å². The molecular formula is C11H20N2O. The summed E-state index contributed by atoms with van der Waals surface area (Å²) in [6.45, 7) is 8.14. The molecule has 80 valence electrons. The van der Waals surface area contributed by atoms with E-state index in [-0.39, 0.29) is 0 Å². The fourth-order valence-corrected chi connectivity index (χ4v) is 1.22. The normalized spacial score (nSPS) is 11.1. The summed E-state index contributed by atoms with van der Waals surface area (Å²) in [5.41, 5.74) is 0. The average Bonchev–Trinajstić information content (AvgIpc) is 2.58. The molecule has 0 saturated carbocycles. The van der Waals surface area contributed by atoms with Crippen LogP contribution in [0.15, 0.2) is 16.5 Å². The molecule has 3 heteroatoms. The summed E-state index contributed by atoms with van der Waals surface area (Å²) in [6, 6.07) is 4.01. The lowest BCUT2D eigenvalue weighted by Gasteiger charge is -2.13. The highest BCUT2D eigenvalue weighted by Crippen LogP contribution is 2.04. The number of nitrogens with zero attached hydrogens (tertiary/aromatic N) is 1. The van der Waals surface area contributed by atoms with Crippen LogP contribution in [0.3, 0.4) is 0 Å². The smallest absolute Gasteiger partial charge is 0.117 e. The monoisotopic (exact) mass is 196 g/mol. The van der Waals surface area contributed by atoms with E-state index in [0.717, 1.165) is 37.7 Å². The molecule has 14 heavy (non-hydrogen) atoms. The SMILES string of the molecule is CCN(C)CCNCc1ccc(C)o1. The molecule has 0 fully saturated rings. The van der Waals surface area contributed by atoms with Gasteiger partial charge in [0.1, 0.15) is 11.5 Å². The highest BCUT2D eigenvalue weighted by atomic mass is 16.3. The van der Waals surface area contributed by atoms with E-state index in [1.807, 2.05) is 19.1 Å². The van der Waals surface area contributed by atoms with Crippen LogP contribution in [0.25, 0.3) is 0 Å². The summed E-state index contributed by atoms with van der Waals surface area (Å²) in [5, 5.41) is 3.34. The van der Waals surface area contributed by atoms with Gasteiger partial charge in [-0.25, -0.2) is 0 Å². The molecule has 0 radical (unpaired) electrons. The Kier molecular flexibility index (Phi) is 4.70. The van der Waals surface area contributed by atoms with Crippen molar-refractivity contribution in [3.8, 4) is 0 Å². The van der Waals surface area contributed by atoms with Crippen LogP contribution in [0, 0.1) is 6.92 Å². The number of furan rings is 1. The molecule has 0 amide bonds. The number of hydrogen-bond donors (Lipinski definition) is 1. The van der Waals surface area contributed by atoms with Crippen LogP contribution in [-0.4, -0.2) is 31.6 Å². The van der Waals surface area contributed by atoms with Crippen molar-refractivity contribution in [2.24, 2.45) is 0 Å². The highest BCUT2D eigenvalue weighted by molar-refractivity contribution is 5.04. The Morgan fingerprint density at radius 1 is 1.43 bits per heavy atom. The maximum absolute atomic E-state index is 5.44. The van der Waals surface area contributed by atoms with Gasteiger partial charge in [-0.2, -0.15) is 0 Å². The predicted octanol–water partition coefficient (Wildman–Crippen LogP) is 1.63. The third kappa shape index (κ3) is 3.94. The molecule has 1 aromatic heterocycles. The fraction of sp³-hybridized carbons (Fsp3) is 0.636. The first-order valence-corrected chi connectivity index (χ1v) is 5.17. The molecule has 0 aromatic carbocycles. The topological polar surface area (TPSA) is 28.4 Å². The van der Waals surface area contributed by atoms with Gasteiger partial charge in [-0.3, -0.25) is 0 Å². The van der Waals surface area contributed by atoms with Crippen LogP contribution in [-0.2, 0) is 6.54 Å². The van der Waals surface area contributed by atoms with Crippen molar-refractivity contribution < 1.29 is 4.42 Å². The third-order valence-corrected chi connectivity index (χ3v) is 2.31. The van der Waals surface area contributed by atoms with Gasteiger partial charge >= 0.3 is 0 Å². The number of aryl methyl sites for hydroxylation is 1. The van der Waals surface area contributed by atoms with E-state index in [4.69, 9.17) is 4.42 Å². The van der Waals surface area contributed by atoms with Crippen LogP contribution in [0.4, 0.5) is 0 Å². The first kappa shape index (κ1) is 11.3. The summed E-state index contributed by atoms with van der Waals surface area (Å²) < 4.78 is 5.44. The molecule has 1 heterocycles. The van der Waals surface area contributed by atoms with Crippen LogP contribution < -0.4 is 5.32 Å². The van der Waals surface area contributed by atoms with Gasteiger partial charge in [0.05, 0.1) is 6.54 Å². The molecule has 0 aliphatic carbocycles. The quantitative estimate of drug-likeness (QED) is 0.701. The lowest BCUT2D eigenvalue weighted by Crippen LogP contribution is -2.28. The van der Waals surface area contributed by atoms with Gasteiger partial charge in [0.15, 0.2) is 0 Å². The van der Waals surface area contributed by atoms with Crippen molar-refractivity contribution in [2.75, 3.05) is 26.7 Å². The van der Waals surface area contributed by atoms with E-state index in [0.29, 0.717) is 0 Å². The number of hydrogen-bond acceptors (Lipinski definition) is 3. The van der Waals surface area contributed by atoms with E-state index < -0.39 is 0 Å². The Bertz CT molecular complexity index is 258. The number of rotatable bonds is 6. The Morgan fingerprint density at radius 3 is 2.79 bits per heavy atom. The Hall–Kier alpha value is -0.800. The van der Waals surface area contributed by atoms with Crippen molar-refractivity contribution in [1.82, 2.24) is 10.2 Å². The Morgan fingerprint density at radius 2 is 2.21 bits per heavy atom. The van der Waals surface area contributed by atoms with Gasteiger partial charge in [0.25, 0.3) is 0 Å². The molecule has 0 unspecified atom stereocenters. The predicted molar refractivity (Wildman–Crippen MR) is 58.3 cm³/mol. The van der Waals surface area contributed by atoms with Crippen LogP contribution in [0.1, 0.15) is 18.4 Å². The molecule has 1 rings (SSSR count). The van der Waals surface area contributed by atoms with Crippen molar-refractivity contribution in [1.29, 1.82) is 0 Å². The lowest BCUT2D eigenvalue weighted by atomic mass is 10.4. The van der Waals surface area contributed by atoms with E-state index >= 15 is 0 Å². The molecule has 0 spiro atoms. The summed E-state index contributed by atoms with van der Waals surface area (Å²) in [5.74, 6) is 1.99. The van der Waals surface area contributed by atoms with E-state index in [9.17, 15) is 0 Å². The first-order valence-electron chi connectivity index (χ1n) is 5.17. The second-order valence-corrected chi connectivity index (χ2v) is 3.59. The van der Waals surface area contributed by atoms with Gasteiger partial charge < -0.3 is 14.6 Å². The van der Waals surface area contributed by atoms with E-state index in [1.54, 1.807) is 0 Å². The maximum atomic E-state index is 5.44. The first-order chi connectivity index (χ1) is 6.72. The van der Waals surface area contributed by atoms with E-state index in [2.05, 4.69) is 24.2 Å². The second kappa shape index (κ2) is 5.83. The highest BCUT2D eigenvalue weighted by Gasteiger charge is 1.98. The van der Waals surface area contributed by atoms with Gasteiger partial charge in [-0.1, -0.05) is 6.92 Å². The summed E-state index contributed by atoms with van der Waals surface area (Å²) in [4.78, 5) is 2.28. The Balaban J connectivity index is 2.10. The van der Waals surface area contributed by atoms with E-state index in [1.165, 1.54) is 0 Å². The number of nitrogens with one attached hydrogen (secondary N) is 1. The van der Waals surface area contributed by atoms with Crippen molar-refractivity contribution in [2.45, 2.75) is 20.4 Å². The van der Waals surface area contributed by atoms with Crippen LogP contribution in [0.5, 0.6) is 0 Å². The van der Waals surface area contributed by atoms with Gasteiger partial charge in [-0.05, 0) is 32.6 Å². The molecule has 0 atom stereocenters. The fourth-order valence-electron chi connectivity index (χ4n) is 1.22. The molecular weight excluding hydrogens is 176 g/mol. The molecule has 0 aliphatic heterocycles. The maximum Gasteiger partial charge on any atom is 0.117 e. The molecule has 1 N–H and O–H groups in total. The zero-order chi connectivity index (χ0) is 10.4. The molecule has 0 aliphatic rings. The standard InChI is InChI=1S/C11H20N2O/c1-4-13(3)8-7-12-9-11-6-5-10(2)14-11/h5-6,12H,4,7-9H2,1-3H3. The third-order valence-electron chi connectivity index (χ3n) is 2.31.